The van der Waals surface area contributed by atoms with Crippen LogP contribution in [0.25, 0.3) is 0 Å². The Morgan fingerprint density at radius 1 is 0.793 bits per heavy atom. The van der Waals surface area contributed by atoms with Gasteiger partial charge in [0.1, 0.15) is 11.5 Å². The van der Waals surface area contributed by atoms with Crippen molar-refractivity contribution in [1.29, 1.82) is 0 Å². The normalized spacial score (nSPS) is 20.2. The molecule has 0 aliphatic carbocycles. The highest BCUT2D eigenvalue weighted by molar-refractivity contribution is 7.91. The van der Waals surface area contributed by atoms with Gasteiger partial charge in [0.2, 0.25) is 0 Å². The van der Waals surface area contributed by atoms with Crippen molar-refractivity contribution in [2.45, 2.75) is 12.8 Å². The standard InChI is InChI=1S/C20H18Cl2O6S/c21-15-5-1-3-7-17(15)27-19(23)9-13-11-29(25,26)12-14(13)10-20(24)28-18-8-4-2-6-16(18)22/h1-8,13-14H,9-12H2/t13-,14+. The maximum absolute atomic E-state index is 12.3. The summed E-state index contributed by atoms with van der Waals surface area (Å²) in [6.07, 6.45) is -0.289. The molecule has 0 spiro atoms. The zero-order valence-corrected chi connectivity index (χ0v) is 17.5. The molecule has 1 heterocycles. The molecular weight excluding hydrogens is 439 g/mol. The van der Waals surface area contributed by atoms with E-state index in [-0.39, 0.29) is 45.9 Å². The van der Waals surface area contributed by atoms with E-state index in [0.717, 1.165) is 0 Å². The molecule has 0 amide bonds. The van der Waals surface area contributed by atoms with Gasteiger partial charge in [-0.2, -0.15) is 0 Å². The van der Waals surface area contributed by atoms with Gasteiger partial charge in [0.25, 0.3) is 0 Å². The second kappa shape index (κ2) is 9.15. The number of esters is 2. The molecule has 1 fully saturated rings. The summed E-state index contributed by atoms with van der Waals surface area (Å²) in [7, 11) is -3.37. The third kappa shape index (κ3) is 5.95. The molecule has 154 valence electrons. The maximum Gasteiger partial charge on any atom is 0.311 e. The van der Waals surface area contributed by atoms with Crippen LogP contribution in [0.15, 0.2) is 48.5 Å². The number of carbonyl (C=O) groups is 2. The first-order chi connectivity index (χ1) is 13.7. The van der Waals surface area contributed by atoms with Gasteiger partial charge in [-0.15, -0.1) is 0 Å². The first-order valence-electron chi connectivity index (χ1n) is 8.84. The highest BCUT2D eigenvalue weighted by atomic mass is 35.5. The number of halogens is 2. The van der Waals surface area contributed by atoms with Gasteiger partial charge in [-0.05, 0) is 36.1 Å². The third-order valence-electron chi connectivity index (χ3n) is 4.58. The smallest absolute Gasteiger partial charge is 0.311 e. The predicted molar refractivity (Wildman–Crippen MR) is 109 cm³/mol. The molecule has 29 heavy (non-hydrogen) atoms. The van der Waals surface area contributed by atoms with Crippen molar-refractivity contribution in [3.63, 3.8) is 0 Å². The summed E-state index contributed by atoms with van der Waals surface area (Å²) in [5.41, 5.74) is 0. The number of para-hydroxylation sites is 2. The van der Waals surface area contributed by atoms with E-state index < -0.39 is 33.6 Å². The van der Waals surface area contributed by atoms with Crippen LogP contribution in [0.4, 0.5) is 0 Å². The lowest BCUT2D eigenvalue weighted by molar-refractivity contribution is -0.138. The fourth-order valence-corrected chi connectivity index (χ4v) is 5.82. The number of hydrogen-bond donors (Lipinski definition) is 0. The molecule has 2 aromatic carbocycles. The molecule has 0 saturated carbocycles. The second-order valence-electron chi connectivity index (χ2n) is 6.81. The molecule has 0 radical (unpaired) electrons. The minimum atomic E-state index is -3.37. The van der Waals surface area contributed by atoms with E-state index >= 15 is 0 Å². The molecule has 1 aliphatic heterocycles. The van der Waals surface area contributed by atoms with E-state index in [2.05, 4.69) is 0 Å². The molecule has 2 atom stereocenters. The summed E-state index contributed by atoms with van der Waals surface area (Å²) < 4.78 is 34.7. The van der Waals surface area contributed by atoms with Crippen LogP contribution in [-0.4, -0.2) is 31.9 Å². The number of benzene rings is 2. The van der Waals surface area contributed by atoms with E-state index in [1.807, 2.05) is 0 Å². The van der Waals surface area contributed by atoms with Crippen molar-refractivity contribution < 1.29 is 27.5 Å². The fraction of sp³-hybridized carbons (Fsp3) is 0.300. The third-order valence-corrected chi connectivity index (χ3v) is 7.08. The lowest BCUT2D eigenvalue weighted by Crippen LogP contribution is -2.23. The Labute approximate surface area is 178 Å². The van der Waals surface area contributed by atoms with E-state index in [9.17, 15) is 18.0 Å². The molecule has 9 heteroatoms. The summed E-state index contributed by atoms with van der Waals surface area (Å²) in [4.78, 5) is 24.6. The molecule has 0 unspecified atom stereocenters. The van der Waals surface area contributed by atoms with Crippen LogP contribution < -0.4 is 9.47 Å². The monoisotopic (exact) mass is 456 g/mol. The molecule has 1 saturated heterocycles. The van der Waals surface area contributed by atoms with Crippen LogP contribution in [0, 0.1) is 11.8 Å². The minimum Gasteiger partial charge on any atom is -0.425 e. The molecule has 0 N–H and O–H groups in total. The number of carbonyl (C=O) groups excluding carboxylic acids is 2. The summed E-state index contributed by atoms with van der Waals surface area (Å²) in [5, 5.41) is 0.555. The van der Waals surface area contributed by atoms with Gasteiger partial charge in [-0.25, -0.2) is 8.42 Å². The van der Waals surface area contributed by atoms with Crippen LogP contribution in [-0.2, 0) is 19.4 Å². The Bertz CT molecular complexity index is 946. The van der Waals surface area contributed by atoms with Gasteiger partial charge in [0.05, 0.1) is 34.4 Å². The Hall–Kier alpha value is -2.09. The van der Waals surface area contributed by atoms with E-state index in [1.54, 1.807) is 48.5 Å². The van der Waals surface area contributed by atoms with Crippen molar-refractivity contribution >= 4 is 45.0 Å². The lowest BCUT2D eigenvalue weighted by atomic mass is 9.90. The van der Waals surface area contributed by atoms with Crippen LogP contribution in [0.5, 0.6) is 11.5 Å². The highest BCUT2D eigenvalue weighted by Gasteiger charge is 2.40. The summed E-state index contributed by atoms with van der Waals surface area (Å²) in [5.74, 6) is -2.27. The Morgan fingerprint density at radius 3 is 1.55 bits per heavy atom. The van der Waals surface area contributed by atoms with Gasteiger partial charge in [-0.3, -0.25) is 9.59 Å². The van der Waals surface area contributed by atoms with Crippen LogP contribution in [0.3, 0.4) is 0 Å². The van der Waals surface area contributed by atoms with Crippen molar-refractivity contribution in [2.24, 2.45) is 11.8 Å². The molecule has 1 aliphatic rings. The summed E-state index contributed by atoms with van der Waals surface area (Å²) in [6, 6.07) is 13.0. The average molecular weight is 457 g/mol. The van der Waals surface area contributed by atoms with Crippen LogP contribution in [0.1, 0.15) is 12.8 Å². The maximum atomic E-state index is 12.3. The van der Waals surface area contributed by atoms with Gasteiger partial charge in [0.15, 0.2) is 9.84 Å². The van der Waals surface area contributed by atoms with Crippen LogP contribution in [0.2, 0.25) is 10.0 Å². The first-order valence-corrected chi connectivity index (χ1v) is 11.4. The number of sulfone groups is 1. The Morgan fingerprint density at radius 2 is 1.17 bits per heavy atom. The topological polar surface area (TPSA) is 86.7 Å². The zero-order valence-electron chi connectivity index (χ0n) is 15.2. The largest absolute Gasteiger partial charge is 0.425 e. The molecule has 3 rings (SSSR count). The zero-order chi connectivity index (χ0) is 21.0. The second-order valence-corrected chi connectivity index (χ2v) is 9.78. The van der Waals surface area contributed by atoms with E-state index in [1.165, 1.54) is 0 Å². The van der Waals surface area contributed by atoms with Crippen molar-refractivity contribution in [1.82, 2.24) is 0 Å². The van der Waals surface area contributed by atoms with Gasteiger partial charge < -0.3 is 9.47 Å². The average Bonchev–Trinajstić information content (AvgIpc) is 2.92. The van der Waals surface area contributed by atoms with Gasteiger partial charge >= 0.3 is 11.9 Å². The van der Waals surface area contributed by atoms with Crippen molar-refractivity contribution in [2.75, 3.05) is 11.5 Å². The number of ether oxygens (including phenoxy) is 2. The number of hydrogen-bond acceptors (Lipinski definition) is 6. The Balaban J connectivity index is 1.64. The highest BCUT2D eigenvalue weighted by Crippen LogP contribution is 2.33. The summed E-state index contributed by atoms with van der Waals surface area (Å²) >= 11 is 11.9. The van der Waals surface area contributed by atoms with Gasteiger partial charge in [0, 0.05) is 0 Å². The quantitative estimate of drug-likeness (QED) is 0.483. The molecule has 0 bridgehead atoms. The van der Waals surface area contributed by atoms with Crippen molar-refractivity contribution in [3.8, 4) is 11.5 Å². The summed E-state index contributed by atoms with van der Waals surface area (Å²) in [6.45, 7) is 0. The first kappa shape index (κ1) is 21.6. The minimum absolute atomic E-state index is 0.144. The number of rotatable bonds is 6. The van der Waals surface area contributed by atoms with Gasteiger partial charge in [-0.1, -0.05) is 47.5 Å². The molecule has 6 nitrogen and oxygen atoms in total. The Kier molecular flexibility index (Phi) is 6.82. The molecular formula is C20H18Cl2O6S. The molecule has 0 aromatic heterocycles. The van der Waals surface area contributed by atoms with E-state index in [0.29, 0.717) is 0 Å². The predicted octanol–water partition coefficient (Wildman–Crippen LogP) is 3.95. The SMILES string of the molecule is O=C(C[C@@H]1CS(=O)(=O)C[C@@H]1CC(=O)Oc1ccccc1Cl)Oc1ccccc1Cl. The fourth-order valence-electron chi connectivity index (χ4n) is 3.26. The van der Waals surface area contributed by atoms with Crippen molar-refractivity contribution in [3.05, 3.63) is 58.6 Å². The van der Waals surface area contributed by atoms with E-state index in [4.69, 9.17) is 32.7 Å². The molecule has 2 aromatic rings. The lowest BCUT2D eigenvalue weighted by Gasteiger charge is -2.17. The van der Waals surface area contributed by atoms with Crippen LogP contribution >= 0.6 is 23.2 Å².